The van der Waals surface area contributed by atoms with Crippen LogP contribution in [0, 0.1) is 5.82 Å². The van der Waals surface area contributed by atoms with Crippen LogP contribution >= 0.6 is 0 Å². The second-order valence-electron chi connectivity index (χ2n) is 7.41. The van der Waals surface area contributed by atoms with Crippen molar-refractivity contribution in [1.29, 1.82) is 0 Å². The summed E-state index contributed by atoms with van der Waals surface area (Å²) in [7, 11) is -7.99. The highest BCUT2D eigenvalue weighted by atomic mass is 32.2. The van der Waals surface area contributed by atoms with E-state index in [4.69, 9.17) is 4.74 Å². The second kappa shape index (κ2) is 10.2. The molecule has 180 valence electrons. The lowest BCUT2D eigenvalue weighted by atomic mass is 10.2. The third kappa shape index (κ3) is 5.69. The lowest BCUT2D eigenvalue weighted by Gasteiger charge is -2.35. The molecule has 1 aliphatic heterocycles. The van der Waals surface area contributed by atoms with Crippen molar-refractivity contribution in [3.05, 3.63) is 54.3 Å². The molecule has 1 heterocycles. The highest BCUT2D eigenvalue weighted by molar-refractivity contribution is 7.89. The molecule has 1 fully saturated rings. The van der Waals surface area contributed by atoms with Gasteiger partial charge >= 0.3 is 0 Å². The third-order valence-corrected chi connectivity index (χ3v) is 8.64. The maximum absolute atomic E-state index is 13.9. The molecular formula is C21H26FN3O6S2. The highest BCUT2D eigenvalue weighted by Gasteiger charge is 2.33. The Morgan fingerprint density at radius 2 is 1.64 bits per heavy atom. The average Bonchev–Trinajstić information content (AvgIpc) is 2.79. The van der Waals surface area contributed by atoms with Gasteiger partial charge in [0.15, 0.2) is 0 Å². The van der Waals surface area contributed by atoms with Gasteiger partial charge in [-0.05, 0) is 50.2 Å². The number of carbonyl (C=O) groups is 1. The third-order valence-electron chi connectivity index (χ3n) is 5.15. The highest BCUT2D eigenvalue weighted by Crippen LogP contribution is 2.21. The Morgan fingerprint density at radius 3 is 2.21 bits per heavy atom. The van der Waals surface area contributed by atoms with Crippen LogP contribution in [0.15, 0.2) is 58.3 Å². The minimum absolute atomic E-state index is 0.0636. The normalized spacial score (nSPS) is 16.4. The largest absolute Gasteiger partial charge is 0.494 e. The summed E-state index contributed by atoms with van der Waals surface area (Å²) < 4.78 is 73.3. The zero-order chi connectivity index (χ0) is 24.2. The number of benzene rings is 2. The number of amides is 1. The lowest BCUT2D eigenvalue weighted by molar-refractivity contribution is -0.133. The van der Waals surface area contributed by atoms with Crippen LogP contribution in [-0.4, -0.2) is 70.8 Å². The monoisotopic (exact) mass is 499 g/mol. The van der Waals surface area contributed by atoms with Gasteiger partial charge in [0.25, 0.3) is 0 Å². The molecule has 0 spiro atoms. The van der Waals surface area contributed by atoms with E-state index in [1.54, 1.807) is 12.1 Å². The van der Waals surface area contributed by atoms with Crippen molar-refractivity contribution in [1.82, 2.24) is 13.9 Å². The fourth-order valence-electron chi connectivity index (χ4n) is 3.46. The van der Waals surface area contributed by atoms with E-state index >= 15 is 0 Å². The number of nitrogens with one attached hydrogen (secondary N) is 1. The van der Waals surface area contributed by atoms with Gasteiger partial charge in [0.1, 0.15) is 16.5 Å². The number of ether oxygens (including phenoxy) is 1. The molecule has 0 unspecified atom stereocenters. The molecule has 1 N–H and O–H groups in total. The van der Waals surface area contributed by atoms with Crippen molar-refractivity contribution in [2.45, 2.75) is 29.7 Å². The molecule has 2 aromatic rings. The summed E-state index contributed by atoms with van der Waals surface area (Å²) in [6.45, 7) is 3.99. The van der Waals surface area contributed by atoms with Gasteiger partial charge in [-0.25, -0.2) is 21.2 Å². The topological polar surface area (TPSA) is 113 Å². The van der Waals surface area contributed by atoms with Crippen LogP contribution in [0.3, 0.4) is 0 Å². The molecule has 0 bridgehead atoms. The molecule has 1 amide bonds. The number of nitrogens with zero attached hydrogens (tertiary/aromatic N) is 2. The Kier molecular flexibility index (Phi) is 7.73. The first-order chi connectivity index (χ1) is 15.6. The summed E-state index contributed by atoms with van der Waals surface area (Å²) in [4.78, 5) is 13.7. The first-order valence-electron chi connectivity index (χ1n) is 10.3. The molecule has 1 aliphatic rings. The summed E-state index contributed by atoms with van der Waals surface area (Å²) in [6, 6.07) is 9.83. The minimum atomic E-state index is -4.24. The average molecular weight is 500 g/mol. The van der Waals surface area contributed by atoms with Crippen molar-refractivity contribution >= 4 is 26.0 Å². The standard InChI is InChI=1S/C21H26FN3O6S2/c1-3-31-17-8-10-18(11-9-17)33(29,30)25-14-12-24(13-15-25)21(26)16(2)23-32(27,28)20-7-5-4-6-19(20)22/h4-11,16,23H,3,12-15H2,1-2H3/t16-/m0/s1. The van der Waals surface area contributed by atoms with E-state index < -0.39 is 42.7 Å². The molecule has 2 aromatic carbocycles. The molecule has 1 saturated heterocycles. The summed E-state index contributed by atoms with van der Waals surface area (Å²) in [6.07, 6.45) is 0. The van der Waals surface area contributed by atoms with Crippen LogP contribution in [0.25, 0.3) is 0 Å². The van der Waals surface area contributed by atoms with E-state index in [-0.39, 0.29) is 31.1 Å². The summed E-state index contributed by atoms with van der Waals surface area (Å²) >= 11 is 0. The van der Waals surface area contributed by atoms with Crippen molar-refractivity contribution in [2.24, 2.45) is 0 Å². The smallest absolute Gasteiger partial charge is 0.244 e. The van der Waals surface area contributed by atoms with Crippen molar-refractivity contribution in [2.75, 3.05) is 32.8 Å². The van der Waals surface area contributed by atoms with Gasteiger partial charge in [-0.2, -0.15) is 9.03 Å². The van der Waals surface area contributed by atoms with Gasteiger partial charge in [0.2, 0.25) is 26.0 Å². The molecule has 0 saturated carbocycles. The minimum Gasteiger partial charge on any atom is -0.494 e. The quantitative estimate of drug-likeness (QED) is 0.588. The van der Waals surface area contributed by atoms with Gasteiger partial charge in [-0.15, -0.1) is 0 Å². The summed E-state index contributed by atoms with van der Waals surface area (Å²) in [5.74, 6) is -0.871. The fourth-order valence-corrected chi connectivity index (χ4v) is 6.15. The van der Waals surface area contributed by atoms with E-state index in [1.807, 2.05) is 6.92 Å². The van der Waals surface area contributed by atoms with Gasteiger partial charge in [0.05, 0.1) is 17.5 Å². The molecule has 0 aliphatic carbocycles. The Morgan fingerprint density at radius 1 is 1.03 bits per heavy atom. The number of rotatable bonds is 8. The Labute approximate surface area is 193 Å². The predicted molar refractivity (Wildman–Crippen MR) is 119 cm³/mol. The van der Waals surface area contributed by atoms with Gasteiger partial charge in [-0.3, -0.25) is 4.79 Å². The summed E-state index contributed by atoms with van der Waals surface area (Å²) in [5.41, 5.74) is 0. The van der Waals surface area contributed by atoms with Crippen LogP contribution in [0.4, 0.5) is 4.39 Å². The van der Waals surface area contributed by atoms with Crippen LogP contribution in [0.2, 0.25) is 0 Å². The first kappa shape index (κ1) is 25.1. The van der Waals surface area contributed by atoms with E-state index in [9.17, 15) is 26.0 Å². The van der Waals surface area contributed by atoms with E-state index in [0.29, 0.717) is 12.4 Å². The Balaban J connectivity index is 1.61. The van der Waals surface area contributed by atoms with Crippen LogP contribution in [0.5, 0.6) is 5.75 Å². The number of hydrogen-bond donors (Lipinski definition) is 1. The number of halogens is 1. The maximum atomic E-state index is 13.9. The molecule has 0 radical (unpaired) electrons. The lowest BCUT2D eigenvalue weighted by Crippen LogP contribution is -2.55. The van der Waals surface area contributed by atoms with Crippen LogP contribution in [-0.2, 0) is 24.8 Å². The zero-order valence-electron chi connectivity index (χ0n) is 18.3. The molecule has 3 rings (SSSR count). The van der Waals surface area contributed by atoms with Gasteiger partial charge < -0.3 is 9.64 Å². The molecular weight excluding hydrogens is 473 g/mol. The predicted octanol–water partition coefficient (Wildman–Crippen LogP) is 1.42. The van der Waals surface area contributed by atoms with E-state index in [0.717, 1.165) is 12.1 Å². The van der Waals surface area contributed by atoms with E-state index in [1.165, 1.54) is 40.4 Å². The summed E-state index contributed by atoms with van der Waals surface area (Å²) in [5, 5.41) is 0. The number of hydrogen-bond acceptors (Lipinski definition) is 6. The molecule has 0 aromatic heterocycles. The number of sulfonamides is 2. The Hall–Kier alpha value is -2.54. The van der Waals surface area contributed by atoms with Crippen LogP contribution < -0.4 is 9.46 Å². The second-order valence-corrected chi connectivity index (χ2v) is 11.0. The number of piperazine rings is 1. The van der Waals surface area contributed by atoms with Crippen molar-refractivity contribution < 1.29 is 30.8 Å². The fraction of sp³-hybridized carbons (Fsp3) is 0.381. The Bertz CT molecular complexity index is 1190. The van der Waals surface area contributed by atoms with Gasteiger partial charge in [0, 0.05) is 26.2 Å². The zero-order valence-corrected chi connectivity index (χ0v) is 19.9. The number of carbonyl (C=O) groups excluding carboxylic acids is 1. The molecule has 33 heavy (non-hydrogen) atoms. The first-order valence-corrected chi connectivity index (χ1v) is 13.3. The van der Waals surface area contributed by atoms with Gasteiger partial charge in [-0.1, -0.05) is 12.1 Å². The van der Waals surface area contributed by atoms with Crippen molar-refractivity contribution in [3.8, 4) is 5.75 Å². The maximum Gasteiger partial charge on any atom is 0.244 e. The van der Waals surface area contributed by atoms with Crippen LogP contribution in [0.1, 0.15) is 13.8 Å². The molecule has 12 heteroatoms. The SMILES string of the molecule is CCOc1ccc(S(=O)(=O)N2CCN(C(=O)[C@H](C)NS(=O)(=O)c3ccccc3F)CC2)cc1. The van der Waals surface area contributed by atoms with E-state index in [2.05, 4.69) is 4.72 Å². The molecule has 1 atom stereocenters. The van der Waals surface area contributed by atoms with Crippen molar-refractivity contribution in [3.63, 3.8) is 0 Å². The molecule has 9 nitrogen and oxygen atoms in total.